The van der Waals surface area contributed by atoms with Gasteiger partial charge in [-0.05, 0) is 39.1 Å². The zero-order valence-electron chi connectivity index (χ0n) is 15.7. The normalized spacial score (nSPS) is 11.8. The van der Waals surface area contributed by atoms with Gasteiger partial charge in [-0.3, -0.25) is 0 Å². The first-order valence-corrected chi connectivity index (χ1v) is 10.5. The first-order chi connectivity index (χ1) is 11.8. The third-order valence-corrected chi connectivity index (χ3v) is 5.92. The molecule has 0 fully saturated rings. The van der Waals surface area contributed by atoms with Crippen LogP contribution < -0.4 is 5.32 Å². The molecular formula is C18H31N3O3S. The van der Waals surface area contributed by atoms with E-state index in [1.807, 2.05) is 13.8 Å². The Balaban J connectivity index is 2.55. The van der Waals surface area contributed by atoms with Gasteiger partial charge in [-0.15, -0.1) is 0 Å². The van der Waals surface area contributed by atoms with E-state index < -0.39 is 9.84 Å². The van der Waals surface area contributed by atoms with Gasteiger partial charge in [0.05, 0.1) is 10.6 Å². The third-order valence-electron chi connectivity index (χ3n) is 4.19. The van der Waals surface area contributed by atoms with Gasteiger partial charge in [-0.2, -0.15) is 0 Å². The highest BCUT2D eigenvalue weighted by molar-refractivity contribution is 7.91. The lowest BCUT2D eigenvalue weighted by Gasteiger charge is -2.29. The van der Waals surface area contributed by atoms with Crippen molar-refractivity contribution in [3.63, 3.8) is 0 Å². The minimum atomic E-state index is -3.38. The van der Waals surface area contributed by atoms with Crippen molar-refractivity contribution in [1.82, 2.24) is 15.1 Å². The van der Waals surface area contributed by atoms with Crippen LogP contribution in [0.2, 0.25) is 0 Å². The molecule has 25 heavy (non-hydrogen) atoms. The Morgan fingerprint density at radius 3 is 2.20 bits per heavy atom. The van der Waals surface area contributed by atoms with E-state index in [2.05, 4.69) is 24.1 Å². The number of carbonyl (C=O) groups excluding carboxylic acids is 1. The monoisotopic (exact) mass is 369 g/mol. The van der Waals surface area contributed by atoms with Gasteiger partial charge in [0.25, 0.3) is 0 Å². The summed E-state index contributed by atoms with van der Waals surface area (Å²) < 4.78 is 24.5. The van der Waals surface area contributed by atoms with Gasteiger partial charge < -0.3 is 15.1 Å². The van der Waals surface area contributed by atoms with E-state index in [-0.39, 0.29) is 29.3 Å². The molecule has 1 aromatic carbocycles. The van der Waals surface area contributed by atoms with E-state index in [9.17, 15) is 13.2 Å². The molecule has 0 unspecified atom stereocenters. The second-order valence-corrected chi connectivity index (χ2v) is 8.29. The van der Waals surface area contributed by atoms with Gasteiger partial charge in [0, 0.05) is 25.7 Å². The highest BCUT2D eigenvalue weighted by Gasteiger charge is 2.19. The van der Waals surface area contributed by atoms with Crippen LogP contribution in [0.1, 0.15) is 27.7 Å². The highest BCUT2D eigenvalue weighted by Crippen LogP contribution is 2.09. The van der Waals surface area contributed by atoms with Crippen LogP contribution in [0.15, 0.2) is 35.2 Å². The van der Waals surface area contributed by atoms with Crippen LogP contribution in [0.25, 0.3) is 0 Å². The van der Waals surface area contributed by atoms with E-state index in [1.54, 1.807) is 35.2 Å². The molecule has 142 valence electrons. The average Bonchev–Trinajstić information content (AvgIpc) is 2.59. The number of carbonyl (C=O) groups is 1. The molecule has 0 atom stereocenters. The van der Waals surface area contributed by atoms with Crippen LogP contribution in [0.3, 0.4) is 0 Å². The van der Waals surface area contributed by atoms with Gasteiger partial charge in [0.2, 0.25) is 0 Å². The molecule has 0 radical (unpaired) electrons. The fourth-order valence-corrected chi connectivity index (χ4v) is 3.70. The molecule has 1 aromatic rings. The van der Waals surface area contributed by atoms with Crippen molar-refractivity contribution in [3.8, 4) is 0 Å². The number of nitrogens with zero attached hydrogens (tertiary/aromatic N) is 2. The molecular weight excluding hydrogens is 338 g/mol. The third kappa shape index (κ3) is 7.04. The first-order valence-electron chi connectivity index (χ1n) is 8.86. The molecule has 0 aromatic heterocycles. The largest absolute Gasteiger partial charge is 0.337 e. The van der Waals surface area contributed by atoms with Crippen LogP contribution in [0.5, 0.6) is 0 Å². The summed E-state index contributed by atoms with van der Waals surface area (Å²) in [4.78, 5) is 16.7. The maximum Gasteiger partial charge on any atom is 0.317 e. The van der Waals surface area contributed by atoms with E-state index in [4.69, 9.17) is 0 Å². The second kappa shape index (κ2) is 10.4. The van der Waals surface area contributed by atoms with Crippen molar-refractivity contribution in [1.29, 1.82) is 0 Å². The summed E-state index contributed by atoms with van der Waals surface area (Å²) in [5.74, 6) is -0.106. The van der Waals surface area contributed by atoms with Gasteiger partial charge in [-0.25, -0.2) is 13.2 Å². The Morgan fingerprint density at radius 1 is 1.08 bits per heavy atom. The number of amides is 2. The predicted octanol–water partition coefficient (Wildman–Crippen LogP) is 2.22. The number of likely N-dealkylation sites (N-methyl/N-ethyl adjacent to an activating group) is 1. The summed E-state index contributed by atoms with van der Waals surface area (Å²) in [5.41, 5.74) is 0. The number of urea groups is 1. The fourth-order valence-electron chi connectivity index (χ4n) is 2.52. The summed E-state index contributed by atoms with van der Waals surface area (Å²) in [5, 5.41) is 2.74. The van der Waals surface area contributed by atoms with Crippen molar-refractivity contribution in [2.45, 2.75) is 38.6 Å². The topological polar surface area (TPSA) is 69.7 Å². The van der Waals surface area contributed by atoms with E-state index in [0.29, 0.717) is 6.54 Å². The maximum atomic E-state index is 12.4. The molecule has 1 rings (SSSR count). The van der Waals surface area contributed by atoms with E-state index in [0.717, 1.165) is 19.6 Å². The van der Waals surface area contributed by atoms with Crippen LogP contribution in [-0.2, 0) is 9.84 Å². The number of hydrogen-bond acceptors (Lipinski definition) is 4. The van der Waals surface area contributed by atoms with Crippen molar-refractivity contribution in [3.05, 3.63) is 30.3 Å². The summed E-state index contributed by atoms with van der Waals surface area (Å²) in [6.45, 7) is 11.5. The standard InChI is InChI=1S/C18H31N3O3S/c1-5-20(6-2)13-14-21(16(3)4)18(22)19-12-15-25(23,24)17-10-8-7-9-11-17/h7-11,16H,5-6,12-15H2,1-4H3,(H,19,22). The molecule has 0 spiro atoms. The molecule has 0 aliphatic carbocycles. The number of sulfone groups is 1. The molecule has 0 heterocycles. The molecule has 0 aliphatic rings. The van der Waals surface area contributed by atoms with E-state index >= 15 is 0 Å². The molecule has 0 saturated heterocycles. The molecule has 7 heteroatoms. The molecule has 2 amide bonds. The van der Waals surface area contributed by atoms with Crippen molar-refractivity contribution >= 4 is 15.9 Å². The minimum absolute atomic E-state index is 0.0568. The Labute approximate surface area is 152 Å². The zero-order chi connectivity index (χ0) is 18.9. The molecule has 0 aliphatic heterocycles. The maximum absolute atomic E-state index is 12.4. The van der Waals surface area contributed by atoms with Crippen LogP contribution in [-0.4, -0.2) is 68.8 Å². The summed E-state index contributed by atoms with van der Waals surface area (Å²) in [7, 11) is -3.38. The molecule has 0 bridgehead atoms. The van der Waals surface area contributed by atoms with Crippen LogP contribution in [0.4, 0.5) is 4.79 Å². The van der Waals surface area contributed by atoms with Gasteiger partial charge in [0.1, 0.15) is 0 Å². The molecule has 0 saturated carbocycles. The van der Waals surface area contributed by atoms with Gasteiger partial charge in [-0.1, -0.05) is 32.0 Å². The Hall–Kier alpha value is -1.60. The lowest BCUT2D eigenvalue weighted by atomic mass is 10.3. The lowest BCUT2D eigenvalue weighted by molar-refractivity contribution is 0.170. The second-order valence-electron chi connectivity index (χ2n) is 6.18. The molecule has 6 nitrogen and oxygen atoms in total. The highest BCUT2D eigenvalue weighted by atomic mass is 32.2. The number of nitrogens with one attached hydrogen (secondary N) is 1. The van der Waals surface area contributed by atoms with Crippen LogP contribution in [0, 0.1) is 0 Å². The SMILES string of the molecule is CCN(CC)CCN(C(=O)NCCS(=O)(=O)c1ccccc1)C(C)C. The molecule has 1 N–H and O–H groups in total. The average molecular weight is 370 g/mol. The van der Waals surface area contributed by atoms with Gasteiger partial charge >= 0.3 is 6.03 Å². The summed E-state index contributed by atoms with van der Waals surface area (Å²) >= 11 is 0. The quantitative estimate of drug-likeness (QED) is 0.687. The summed E-state index contributed by atoms with van der Waals surface area (Å²) in [6, 6.07) is 8.14. The van der Waals surface area contributed by atoms with E-state index in [1.165, 1.54) is 0 Å². The van der Waals surface area contributed by atoms with Crippen molar-refractivity contribution in [2.75, 3.05) is 38.5 Å². The Bertz CT molecular complexity index is 614. The Morgan fingerprint density at radius 2 is 1.68 bits per heavy atom. The first kappa shape index (κ1) is 21.4. The van der Waals surface area contributed by atoms with Crippen molar-refractivity contribution < 1.29 is 13.2 Å². The van der Waals surface area contributed by atoms with Crippen molar-refractivity contribution in [2.24, 2.45) is 0 Å². The zero-order valence-corrected chi connectivity index (χ0v) is 16.6. The fraction of sp³-hybridized carbons (Fsp3) is 0.611. The summed E-state index contributed by atoms with van der Waals surface area (Å²) in [6.07, 6.45) is 0. The van der Waals surface area contributed by atoms with Gasteiger partial charge in [0.15, 0.2) is 9.84 Å². The Kier molecular flexibility index (Phi) is 8.92. The minimum Gasteiger partial charge on any atom is -0.337 e. The smallest absolute Gasteiger partial charge is 0.317 e. The predicted molar refractivity (Wildman–Crippen MR) is 102 cm³/mol. The van der Waals surface area contributed by atoms with Crippen LogP contribution >= 0.6 is 0 Å². The number of benzene rings is 1. The number of rotatable bonds is 10. The number of hydrogen-bond donors (Lipinski definition) is 1. The lowest BCUT2D eigenvalue weighted by Crippen LogP contribution is -2.48.